The van der Waals surface area contributed by atoms with E-state index in [1.54, 1.807) is 0 Å². The molecule has 0 aliphatic carbocycles. The van der Waals surface area contributed by atoms with E-state index in [9.17, 15) is 0 Å². The number of hydrogen-bond acceptors (Lipinski definition) is 5. The SMILES string of the molecule is c1ccc(-c2nc(-c3ccc(-c4ccc5nc(-c6ccccc6)c6ccc7sc8ccccc8c7c6c5c4)cc3)nc(-n3c4ccccc4c4ccccc43)n2)cc1. The van der Waals surface area contributed by atoms with Gasteiger partial charge in [-0.1, -0.05) is 152 Å². The van der Waals surface area contributed by atoms with Crippen molar-refractivity contribution in [2.75, 3.05) is 0 Å². The summed E-state index contributed by atoms with van der Waals surface area (Å²) in [4.78, 5) is 20.6. The third-order valence-corrected chi connectivity index (χ3v) is 12.4. The highest BCUT2D eigenvalue weighted by Crippen LogP contribution is 2.44. The van der Waals surface area contributed by atoms with Crippen LogP contribution in [0.2, 0.25) is 0 Å². The van der Waals surface area contributed by atoms with E-state index in [0.717, 1.165) is 71.6 Å². The molecular formula is C52H31N5S. The third-order valence-electron chi connectivity index (χ3n) is 11.3. The van der Waals surface area contributed by atoms with Gasteiger partial charge in [-0.2, -0.15) is 9.97 Å². The Morgan fingerprint density at radius 3 is 1.62 bits per heavy atom. The van der Waals surface area contributed by atoms with Gasteiger partial charge in [-0.15, -0.1) is 11.3 Å². The molecule has 12 rings (SSSR count). The second kappa shape index (κ2) is 13.0. The highest BCUT2D eigenvalue weighted by atomic mass is 32.1. The molecule has 0 amide bonds. The van der Waals surface area contributed by atoms with Crippen molar-refractivity contribution >= 4 is 75.0 Å². The zero-order valence-electron chi connectivity index (χ0n) is 31.0. The van der Waals surface area contributed by atoms with Gasteiger partial charge in [0.2, 0.25) is 5.95 Å². The van der Waals surface area contributed by atoms with Crippen molar-refractivity contribution in [2.24, 2.45) is 0 Å². The average Bonchev–Trinajstić information content (AvgIpc) is 3.85. The summed E-state index contributed by atoms with van der Waals surface area (Å²) >= 11 is 1.85. The zero-order chi connectivity index (χ0) is 38.2. The molecule has 0 aliphatic rings. The fourth-order valence-corrected chi connectivity index (χ4v) is 9.68. The van der Waals surface area contributed by atoms with Crippen LogP contribution in [-0.4, -0.2) is 24.5 Å². The van der Waals surface area contributed by atoms with Crippen LogP contribution in [0.1, 0.15) is 0 Å². The second-order valence-electron chi connectivity index (χ2n) is 14.6. The topological polar surface area (TPSA) is 56.5 Å². The summed E-state index contributed by atoms with van der Waals surface area (Å²) in [6.45, 7) is 0. The molecule has 12 aromatic rings. The Morgan fingerprint density at radius 1 is 0.345 bits per heavy atom. The van der Waals surface area contributed by atoms with Crippen LogP contribution in [0.4, 0.5) is 0 Å². The molecular weight excluding hydrogens is 727 g/mol. The summed E-state index contributed by atoms with van der Waals surface area (Å²) in [5.74, 6) is 1.83. The number of pyridine rings is 1. The molecule has 0 saturated heterocycles. The van der Waals surface area contributed by atoms with Gasteiger partial charge in [0.1, 0.15) is 0 Å². The molecule has 0 aliphatic heterocycles. The number of hydrogen-bond donors (Lipinski definition) is 0. The van der Waals surface area contributed by atoms with Gasteiger partial charge in [0.05, 0.1) is 22.2 Å². The zero-order valence-corrected chi connectivity index (χ0v) is 31.9. The molecule has 8 aromatic carbocycles. The van der Waals surface area contributed by atoms with Crippen LogP contribution in [0.5, 0.6) is 0 Å². The first-order chi connectivity index (χ1) is 28.7. The van der Waals surface area contributed by atoms with E-state index >= 15 is 0 Å². The molecule has 0 saturated carbocycles. The molecule has 6 heteroatoms. The number of nitrogens with zero attached hydrogens (tertiary/aromatic N) is 5. The lowest BCUT2D eigenvalue weighted by molar-refractivity contribution is 0.953. The standard InChI is InChI=1S/C52H31N5S/c1-3-13-33(14-4-1)49-40-28-30-46-48(39-19-9-12-22-45(39)58-46)47(40)41-31-36(27-29-42(41)53-49)32-23-25-35(26-24-32)51-54-50(34-15-5-2-6-16-34)55-52(56-51)57-43-20-10-7-17-37(43)38-18-8-11-21-44(38)57/h1-31H. The van der Waals surface area contributed by atoms with E-state index in [2.05, 4.69) is 162 Å². The Kier molecular flexibility index (Phi) is 7.33. The number of fused-ring (bicyclic) bond motifs is 10. The highest BCUT2D eigenvalue weighted by molar-refractivity contribution is 7.26. The molecule has 0 bridgehead atoms. The lowest BCUT2D eigenvalue weighted by Gasteiger charge is -2.13. The van der Waals surface area contributed by atoms with Gasteiger partial charge in [-0.25, -0.2) is 9.97 Å². The van der Waals surface area contributed by atoms with Crippen LogP contribution in [-0.2, 0) is 0 Å². The molecule has 0 spiro atoms. The van der Waals surface area contributed by atoms with Crippen molar-refractivity contribution in [2.45, 2.75) is 0 Å². The van der Waals surface area contributed by atoms with Crippen molar-refractivity contribution in [1.29, 1.82) is 0 Å². The smallest absolute Gasteiger partial charge is 0.238 e. The predicted octanol–water partition coefficient (Wildman–Crippen LogP) is 13.7. The summed E-state index contributed by atoms with van der Waals surface area (Å²) in [6.07, 6.45) is 0. The molecule has 0 N–H and O–H groups in total. The van der Waals surface area contributed by atoms with Gasteiger partial charge >= 0.3 is 0 Å². The summed E-state index contributed by atoms with van der Waals surface area (Å²) in [6, 6.07) is 66.1. The quantitative estimate of drug-likeness (QED) is 0.164. The summed E-state index contributed by atoms with van der Waals surface area (Å²) in [7, 11) is 0. The number of benzene rings is 8. The second-order valence-corrected chi connectivity index (χ2v) is 15.7. The van der Waals surface area contributed by atoms with Gasteiger partial charge in [-0.3, -0.25) is 4.57 Å². The molecule has 0 radical (unpaired) electrons. The molecule has 0 atom stereocenters. The van der Waals surface area contributed by atoms with E-state index in [0.29, 0.717) is 17.6 Å². The summed E-state index contributed by atoms with van der Waals surface area (Å²) in [5, 5.41) is 8.44. The Hall–Kier alpha value is -7.54. The normalized spacial score (nSPS) is 11.8. The molecule has 58 heavy (non-hydrogen) atoms. The van der Waals surface area contributed by atoms with Gasteiger partial charge in [-0.05, 0) is 47.5 Å². The summed E-state index contributed by atoms with van der Waals surface area (Å²) in [5.41, 5.74) is 9.28. The molecule has 0 fully saturated rings. The van der Waals surface area contributed by atoms with Crippen LogP contribution in [0.3, 0.4) is 0 Å². The number of para-hydroxylation sites is 2. The van der Waals surface area contributed by atoms with E-state index in [4.69, 9.17) is 19.9 Å². The van der Waals surface area contributed by atoms with Crippen LogP contribution in [0, 0.1) is 0 Å². The third kappa shape index (κ3) is 5.16. The lowest BCUT2D eigenvalue weighted by Crippen LogP contribution is -2.06. The fraction of sp³-hybridized carbons (Fsp3) is 0. The predicted molar refractivity (Wildman–Crippen MR) is 242 cm³/mol. The van der Waals surface area contributed by atoms with E-state index < -0.39 is 0 Å². The number of rotatable bonds is 5. The van der Waals surface area contributed by atoms with Crippen LogP contribution < -0.4 is 0 Å². The van der Waals surface area contributed by atoms with Crippen LogP contribution in [0.15, 0.2) is 188 Å². The van der Waals surface area contributed by atoms with Crippen molar-refractivity contribution in [1.82, 2.24) is 24.5 Å². The van der Waals surface area contributed by atoms with Crippen molar-refractivity contribution in [3.8, 4) is 51.1 Å². The Bertz CT molecular complexity index is 3500. The number of thiophene rings is 1. The molecule has 0 unspecified atom stereocenters. The molecule has 4 heterocycles. The molecule has 5 nitrogen and oxygen atoms in total. The summed E-state index contributed by atoms with van der Waals surface area (Å²) < 4.78 is 4.72. The average molecular weight is 758 g/mol. The van der Waals surface area contributed by atoms with Crippen LogP contribution >= 0.6 is 11.3 Å². The van der Waals surface area contributed by atoms with Gasteiger partial charge in [0.15, 0.2) is 11.6 Å². The molecule has 270 valence electrons. The van der Waals surface area contributed by atoms with Gasteiger partial charge in [0, 0.05) is 63.8 Å². The minimum absolute atomic E-state index is 0.585. The minimum atomic E-state index is 0.585. The molecule has 4 aromatic heterocycles. The van der Waals surface area contributed by atoms with Crippen molar-refractivity contribution < 1.29 is 0 Å². The Morgan fingerprint density at radius 2 is 0.914 bits per heavy atom. The maximum absolute atomic E-state index is 5.31. The Balaban J connectivity index is 1.02. The largest absolute Gasteiger partial charge is 0.278 e. The van der Waals surface area contributed by atoms with Crippen LogP contribution in [0.25, 0.3) is 115 Å². The maximum atomic E-state index is 5.31. The monoisotopic (exact) mass is 757 g/mol. The number of aromatic nitrogens is 5. The van der Waals surface area contributed by atoms with Gasteiger partial charge in [0.25, 0.3) is 0 Å². The lowest BCUT2D eigenvalue weighted by atomic mass is 9.94. The first kappa shape index (κ1) is 32.7. The van der Waals surface area contributed by atoms with E-state index in [1.165, 1.54) is 25.6 Å². The minimum Gasteiger partial charge on any atom is -0.278 e. The van der Waals surface area contributed by atoms with Crippen molar-refractivity contribution in [3.05, 3.63) is 188 Å². The Labute approximate surface area is 337 Å². The van der Waals surface area contributed by atoms with E-state index in [-0.39, 0.29) is 0 Å². The van der Waals surface area contributed by atoms with Gasteiger partial charge < -0.3 is 0 Å². The van der Waals surface area contributed by atoms with Crippen molar-refractivity contribution in [3.63, 3.8) is 0 Å². The first-order valence-corrected chi connectivity index (χ1v) is 20.2. The fourth-order valence-electron chi connectivity index (χ4n) is 8.56. The highest BCUT2D eigenvalue weighted by Gasteiger charge is 2.19. The first-order valence-electron chi connectivity index (χ1n) is 19.4. The van der Waals surface area contributed by atoms with E-state index in [1.807, 2.05) is 41.7 Å². The maximum Gasteiger partial charge on any atom is 0.238 e.